The molecule has 3 rings (SSSR count). The van der Waals surface area contributed by atoms with Crippen molar-refractivity contribution in [2.75, 3.05) is 14.2 Å². The van der Waals surface area contributed by atoms with Crippen LogP contribution in [0.15, 0.2) is 18.2 Å². The second kappa shape index (κ2) is 5.50. The molecule has 106 valence electrons. The molecule has 20 heavy (non-hydrogen) atoms. The SMILES string of the molecule is CNC1CCCc2nc(-c3c(F)cccc3OC)sc21. The van der Waals surface area contributed by atoms with Gasteiger partial charge in [-0.05, 0) is 38.4 Å². The van der Waals surface area contributed by atoms with E-state index in [1.165, 1.54) is 10.9 Å². The number of halogens is 1. The zero-order valence-electron chi connectivity index (χ0n) is 11.6. The molecule has 5 heteroatoms. The fourth-order valence-corrected chi connectivity index (χ4v) is 3.99. The number of nitrogens with zero attached hydrogens (tertiary/aromatic N) is 1. The zero-order chi connectivity index (χ0) is 14.1. The van der Waals surface area contributed by atoms with Crippen LogP contribution in [0.5, 0.6) is 5.75 Å². The number of ether oxygens (including phenoxy) is 1. The summed E-state index contributed by atoms with van der Waals surface area (Å²) in [4.78, 5) is 5.88. The van der Waals surface area contributed by atoms with Crippen molar-refractivity contribution >= 4 is 11.3 Å². The monoisotopic (exact) mass is 292 g/mol. The van der Waals surface area contributed by atoms with Crippen LogP contribution in [0.25, 0.3) is 10.6 Å². The molecule has 0 fully saturated rings. The molecule has 0 spiro atoms. The topological polar surface area (TPSA) is 34.2 Å². The van der Waals surface area contributed by atoms with Crippen LogP contribution >= 0.6 is 11.3 Å². The minimum atomic E-state index is -0.281. The van der Waals surface area contributed by atoms with Crippen LogP contribution in [0.2, 0.25) is 0 Å². The summed E-state index contributed by atoms with van der Waals surface area (Å²) in [7, 11) is 3.52. The van der Waals surface area contributed by atoms with E-state index in [4.69, 9.17) is 4.74 Å². The van der Waals surface area contributed by atoms with Crippen molar-refractivity contribution in [3.8, 4) is 16.3 Å². The zero-order valence-corrected chi connectivity index (χ0v) is 12.4. The summed E-state index contributed by atoms with van der Waals surface area (Å²) in [6.07, 6.45) is 3.20. The first-order valence-electron chi connectivity index (χ1n) is 6.74. The van der Waals surface area contributed by atoms with Crippen LogP contribution in [-0.2, 0) is 6.42 Å². The molecule has 1 aliphatic rings. The summed E-state index contributed by atoms with van der Waals surface area (Å²) in [5, 5.41) is 4.03. The van der Waals surface area contributed by atoms with Gasteiger partial charge in [0.1, 0.15) is 16.6 Å². The summed E-state index contributed by atoms with van der Waals surface area (Å²) in [6, 6.07) is 5.21. The fourth-order valence-electron chi connectivity index (χ4n) is 2.68. The van der Waals surface area contributed by atoms with E-state index in [2.05, 4.69) is 10.3 Å². The number of methoxy groups -OCH3 is 1. The van der Waals surface area contributed by atoms with Gasteiger partial charge in [-0.3, -0.25) is 0 Å². The standard InChI is InChI=1S/C15H17FN2OS/c1-17-10-6-4-7-11-14(10)20-15(18-11)13-9(16)5-3-8-12(13)19-2/h3,5,8,10,17H,4,6-7H2,1-2H3. The van der Waals surface area contributed by atoms with Crippen LogP contribution in [0, 0.1) is 5.82 Å². The Morgan fingerprint density at radius 3 is 3.05 bits per heavy atom. The molecule has 0 aliphatic heterocycles. The molecule has 0 radical (unpaired) electrons. The highest BCUT2D eigenvalue weighted by molar-refractivity contribution is 7.15. The van der Waals surface area contributed by atoms with E-state index in [1.54, 1.807) is 30.6 Å². The minimum absolute atomic E-state index is 0.281. The van der Waals surface area contributed by atoms with Crippen molar-refractivity contribution in [3.05, 3.63) is 34.6 Å². The average Bonchev–Trinajstić information content (AvgIpc) is 2.90. The summed E-state index contributed by atoms with van der Waals surface area (Å²) in [5.74, 6) is 0.258. The summed E-state index contributed by atoms with van der Waals surface area (Å²) in [6.45, 7) is 0. The average molecular weight is 292 g/mol. The quantitative estimate of drug-likeness (QED) is 0.939. The van der Waals surface area contributed by atoms with Gasteiger partial charge < -0.3 is 10.1 Å². The van der Waals surface area contributed by atoms with Gasteiger partial charge >= 0.3 is 0 Å². The Morgan fingerprint density at radius 2 is 2.30 bits per heavy atom. The van der Waals surface area contributed by atoms with Crippen molar-refractivity contribution in [2.45, 2.75) is 25.3 Å². The maximum Gasteiger partial charge on any atom is 0.137 e. The van der Waals surface area contributed by atoms with Crippen molar-refractivity contribution in [1.29, 1.82) is 0 Å². The number of aromatic nitrogens is 1. The Hall–Kier alpha value is -1.46. The lowest BCUT2D eigenvalue weighted by atomic mass is 9.98. The second-order valence-electron chi connectivity index (χ2n) is 4.88. The van der Waals surface area contributed by atoms with Crippen LogP contribution in [-0.4, -0.2) is 19.1 Å². The molecule has 0 amide bonds. The minimum Gasteiger partial charge on any atom is -0.496 e. The normalized spacial score (nSPS) is 17.9. The first-order chi connectivity index (χ1) is 9.74. The number of fused-ring (bicyclic) bond motifs is 1. The smallest absolute Gasteiger partial charge is 0.137 e. The van der Waals surface area contributed by atoms with Crippen LogP contribution in [0.4, 0.5) is 4.39 Å². The first kappa shape index (κ1) is 13.5. The molecule has 0 saturated heterocycles. The predicted octanol–water partition coefficient (Wildman–Crippen LogP) is 3.55. The van der Waals surface area contributed by atoms with Gasteiger partial charge in [0.05, 0.1) is 18.4 Å². The van der Waals surface area contributed by atoms with Gasteiger partial charge in [0, 0.05) is 10.9 Å². The number of thiazole rings is 1. The van der Waals surface area contributed by atoms with E-state index in [1.807, 2.05) is 7.05 Å². The lowest BCUT2D eigenvalue weighted by Crippen LogP contribution is -2.19. The number of hydrogen-bond acceptors (Lipinski definition) is 4. The molecular formula is C15H17FN2OS. The van der Waals surface area contributed by atoms with E-state index in [9.17, 15) is 4.39 Å². The van der Waals surface area contributed by atoms with Crippen molar-refractivity contribution in [2.24, 2.45) is 0 Å². The Labute approximate surface area is 121 Å². The van der Waals surface area contributed by atoms with Crippen molar-refractivity contribution in [1.82, 2.24) is 10.3 Å². The number of hydrogen-bond donors (Lipinski definition) is 1. The number of nitrogens with one attached hydrogen (secondary N) is 1. The Balaban J connectivity index is 2.10. The van der Waals surface area contributed by atoms with E-state index < -0.39 is 0 Å². The van der Waals surface area contributed by atoms with E-state index >= 15 is 0 Å². The lowest BCUT2D eigenvalue weighted by Gasteiger charge is -2.19. The molecule has 1 aromatic carbocycles. The summed E-state index contributed by atoms with van der Waals surface area (Å²) in [5.41, 5.74) is 1.57. The molecule has 1 aliphatic carbocycles. The van der Waals surface area contributed by atoms with E-state index in [0.717, 1.165) is 25.0 Å². The van der Waals surface area contributed by atoms with Gasteiger partial charge in [0.2, 0.25) is 0 Å². The molecule has 1 atom stereocenters. The van der Waals surface area contributed by atoms with Gasteiger partial charge in [-0.2, -0.15) is 0 Å². The number of benzene rings is 1. The molecule has 1 aromatic heterocycles. The Bertz CT molecular complexity index is 626. The van der Waals surface area contributed by atoms with Gasteiger partial charge in [0.15, 0.2) is 0 Å². The summed E-state index contributed by atoms with van der Waals surface area (Å²) >= 11 is 1.57. The molecule has 0 bridgehead atoms. The third kappa shape index (κ3) is 2.21. The lowest BCUT2D eigenvalue weighted by molar-refractivity contribution is 0.413. The molecule has 1 heterocycles. The largest absolute Gasteiger partial charge is 0.496 e. The van der Waals surface area contributed by atoms with Gasteiger partial charge in [-0.15, -0.1) is 11.3 Å². The van der Waals surface area contributed by atoms with Crippen molar-refractivity contribution < 1.29 is 9.13 Å². The third-order valence-corrected chi connectivity index (χ3v) is 4.94. The van der Waals surface area contributed by atoms with Crippen LogP contribution < -0.4 is 10.1 Å². The van der Waals surface area contributed by atoms with Gasteiger partial charge in [-0.25, -0.2) is 9.37 Å². The number of rotatable bonds is 3. The molecule has 1 unspecified atom stereocenters. The highest BCUT2D eigenvalue weighted by Crippen LogP contribution is 2.41. The fraction of sp³-hybridized carbons (Fsp3) is 0.400. The first-order valence-corrected chi connectivity index (χ1v) is 7.56. The highest BCUT2D eigenvalue weighted by atomic mass is 32.1. The summed E-state index contributed by atoms with van der Waals surface area (Å²) < 4.78 is 19.4. The molecule has 0 saturated carbocycles. The Morgan fingerprint density at radius 1 is 1.45 bits per heavy atom. The van der Waals surface area contributed by atoms with Crippen molar-refractivity contribution in [3.63, 3.8) is 0 Å². The maximum atomic E-state index is 14.1. The maximum absolute atomic E-state index is 14.1. The van der Waals surface area contributed by atoms with Gasteiger partial charge in [-0.1, -0.05) is 6.07 Å². The third-order valence-electron chi connectivity index (χ3n) is 3.71. The van der Waals surface area contributed by atoms with Gasteiger partial charge in [0.25, 0.3) is 0 Å². The number of aryl methyl sites for hydroxylation is 1. The molecule has 3 nitrogen and oxygen atoms in total. The highest BCUT2D eigenvalue weighted by Gasteiger charge is 2.25. The molecule has 2 aromatic rings. The second-order valence-corrected chi connectivity index (χ2v) is 5.91. The molecular weight excluding hydrogens is 275 g/mol. The van der Waals surface area contributed by atoms with E-state index in [0.29, 0.717) is 22.4 Å². The predicted molar refractivity (Wildman–Crippen MR) is 78.8 cm³/mol. The van der Waals surface area contributed by atoms with Crippen LogP contribution in [0.1, 0.15) is 29.5 Å². The van der Waals surface area contributed by atoms with Crippen LogP contribution in [0.3, 0.4) is 0 Å². The molecule has 1 N–H and O–H groups in total. The van der Waals surface area contributed by atoms with E-state index in [-0.39, 0.29) is 5.82 Å². The Kier molecular flexibility index (Phi) is 3.72.